The van der Waals surface area contributed by atoms with Gasteiger partial charge in [-0.05, 0) is 43.2 Å². The third-order valence-electron chi connectivity index (χ3n) is 4.93. The van der Waals surface area contributed by atoms with E-state index >= 15 is 0 Å². The van der Waals surface area contributed by atoms with Gasteiger partial charge in [0, 0.05) is 31.1 Å². The molecular weight excluding hydrogens is 398 g/mol. The molecule has 1 aliphatic rings. The number of nitrogens with one attached hydrogen (secondary N) is 1. The lowest BCUT2D eigenvalue weighted by atomic mass is 10.2. The number of benzene rings is 2. The monoisotopic (exact) mass is 423 g/mol. The van der Waals surface area contributed by atoms with Crippen LogP contribution in [-0.2, 0) is 9.59 Å². The van der Waals surface area contributed by atoms with Crippen molar-refractivity contribution in [3.8, 4) is 23.3 Å². The van der Waals surface area contributed by atoms with Crippen LogP contribution in [-0.4, -0.2) is 39.2 Å². The number of anilines is 2. The summed E-state index contributed by atoms with van der Waals surface area (Å²) in [5.41, 5.74) is 1.76. The first-order valence-corrected chi connectivity index (χ1v) is 10.0. The minimum Gasteiger partial charge on any atom is -0.495 e. The maximum atomic E-state index is 12.3. The lowest BCUT2D eigenvalue weighted by Crippen LogP contribution is -2.24. The fourth-order valence-electron chi connectivity index (χ4n) is 3.38. The number of ether oxygens (including phenoxy) is 3. The van der Waals surface area contributed by atoms with Gasteiger partial charge in [-0.1, -0.05) is 0 Å². The Morgan fingerprint density at radius 2 is 1.90 bits per heavy atom. The fourth-order valence-corrected chi connectivity index (χ4v) is 3.38. The van der Waals surface area contributed by atoms with E-state index in [1.807, 2.05) is 6.07 Å². The summed E-state index contributed by atoms with van der Waals surface area (Å²) in [4.78, 5) is 26.1. The molecule has 1 fully saturated rings. The van der Waals surface area contributed by atoms with E-state index < -0.39 is 0 Å². The number of hydrogen-bond donors (Lipinski definition) is 1. The van der Waals surface area contributed by atoms with Gasteiger partial charge in [0.15, 0.2) is 11.5 Å². The van der Waals surface area contributed by atoms with Gasteiger partial charge in [0.2, 0.25) is 11.8 Å². The van der Waals surface area contributed by atoms with Crippen molar-refractivity contribution in [2.75, 3.05) is 37.6 Å². The van der Waals surface area contributed by atoms with Gasteiger partial charge < -0.3 is 24.4 Å². The summed E-state index contributed by atoms with van der Waals surface area (Å²) in [6.45, 7) is 0.967. The molecule has 8 heteroatoms. The second kappa shape index (κ2) is 10.3. The van der Waals surface area contributed by atoms with Crippen molar-refractivity contribution < 1.29 is 23.8 Å². The number of carbonyl (C=O) groups excluding carboxylic acids is 2. The van der Waals surface area contributed by atoms with E-state index in [1.54, 1.807) is 48.4 Å². The standard InChI is InChI=1S/C23H25N3O5/c1-29-19-10-8-17(14-18(19)26-11-3-6-23(26)28)25-22(27)5-4-12-31-20-9-7-16(15-24)13-21(20)30-2/h7-10,13-14H,3-6,11-12H2,1-2H3,(H,25,27). The molecule has 31 heavy (non-hydrogen) atoms. The first kappa shape index (κ1) is 22.0. The zero-order valence-electron chi connectivity index (χ0n) is 17.6. The minimum atomic E-state index is -0.153. The highest BCUT2D eigenvalue weighted by Crippen LogP contribution is 2.34. The van der Waals surface area contributed by atoms with Crippen molar-refractivity contribution in [3.05, 3.63) is 42.0 Å². The third kappa shape index (κ3) is 5.45. The fraction of sp³-hybridized carbons (Fsp3) is 0.348. The van der Waals surface area contributed by atoms with Gasteiger partial charge in [0.05, 0.1) is 38.1 Å². The van der Waals surface area contributed by atoms with Crippen LogP contribution in [0.3, 0.4) is 0 Å². The average Bonchev–Trinajstić information content (AvgIpc) is 3.22. The average molecular weight is 423 g/mol. The van der Waals surface area contributed by atoms with E-state index in [1.165, 1.54) is 7.11 Å². The summed E-state index contributed by atoms with van der Waals surface area (Å²) in [6, 6.07) is 12.2. The Bertz CT molecular complexity index is 999. The third-order valence-corrected chi connectivity index (χ3v) is 4.93. The van der Waals surface area contributed by atoms with Gasteiger partial charge in [0.25, 0.3) is 0 Å². The van der Waals surface area contributed by atoms with Crippen molar-refractivity contribution >= 4 is 23.2 Å². The van der Waals surface area contributed by atoms with Crippen molar-refractivity contribution in [2.24, 2.45) is 0 Å². The normalized spacial score (nSPS) is 12.9. The van der Waals surface area contributed by atoms with E-state index in [2.05, 4.69) is 5.32 Å². The summed E-state index contributed by atoms with van der Waals surface area (Å²) in [6.07, 6.45) is 2.09. The molecule has 0 atom stereocenters. The number of amides is 2. The smallest absolute Gasteiger partial charge is 0.227 e. The Morgan fingerprint density at radius 1 is 1.13 bits per heavy atom. The van der Waals surface area contributed by atoms with Crippen molar-refractivity contribution in [1.82, 2.24) is 0 Å². The highest BCUT2D eigenvalue weighted by atomic mass is 16.5. The summed E-state index contributed by atoms with van der Waals surface area (Å²) < 4.78 is 16.3. The Kier molecular flexibility index (Phi) is 7.33. The molecule has 1 N–H and O–H groups in total. The highest BCUT2D eigenvalue weighted by Gasteiger charge is 2.24. The van der Waals surface area contributed by atoms with Crippen LogP contribution >= 0.6 is 0 Å². The van der Waals surface area contributed by atoms with E-state index in [-0.39, 0.29) is 18.2 Å². The molecule has 0 saturated carbocycles. The SMILES string of the molecule is COc1cc(C#N)ccc1OCCCC(=O)Nc1ccc(OC)c(N2CCCC2=O)c1. The number of nitriles is 1. The quantitative estimate of drug-likeness (QED) is 0.620. The molecule has 1 aliphatic heterocycles. The Balaban J connectivity index is 1.53. The maximum absolute atomic E-state index is 12.3. The number of nitrogens with zero attached hydrogens (tertiary/aromatic N) is 2. The molecule has 0 aliphatic carbocycles. The molecule has 8 nitrogen and oxygen atoms in total. The molecule has 0 spiro atoms. The number of hydrogen-bond acceptors (Lipinski definition) is 6. The van der Waals surface area contributed by atoms with Crippen LogP contribution in [0.5, 0.6) is 17.2 Å². The molecule has 3 rings (SSSR count). The molecule has 2 aromatic rings. The predicted octanol–water partition coefficient (Wildman–Crippen LogP) is 3.50. The molecule has 162 valence electrons. The largest absolute Gasteiger partial charge is 0.495 e. The first-order chi connectivity index (χ1) is 15.0. The number of methoxy groups -OCH3 is 2. The topological polar surface area (TPSA) is 101 Å². The molecule has 2 aromatic carbocycles. The van der Waals surface area contributed by atoms with E-state index in [9.17, 15) is 9.59 Å². The van der Waals surface area contributed by atoms with Crippen LogP contribution in [0.15, 0.2) is 36.4 Å². The van der Waals surface area contributed by atoms with Crippen molar-refractivity contribution in [2.45, 2.75) is 25.7 Å². The van der Waals surface area contributed by atoms with Crippen LogP contribution < -0.4 is 24.4 Å². The summed E-state index contributed by atoms with van der Waals surface area (Å²) in [5.74, 6) is 1.50. The van der Waals surface area contributed by atoms with Crippen LogP contribution in [0.25, 0.3) is 0 Å². The van der Waals surface area contributed by atoms with Crippen LogP contribution in [0.1, 0.15) is 31.2 Å². The predicted molar refractivity (Wildman–Crippen MR) is 116 cm³/mol. The second-order valence-electron chi connectivity index (χ2n) is 7.01. The molecule has 1 heterocycles. The molecule has 1 saturated heterocycles. The summed E-state index contributed by atoms with van der Waals surface area (Å²) in [7, 11) is 3.07. The van der Waals surface area contributed by atoms with E-state index in [4.69, 9.17) is 19.5 Å². The van der Waals surface area contributed by atoms with Gasteiger partial charge in [0.1, 0.15) is 5.75 Å². The number of carbonyl (C=O) groups is 2. The Hall–Kier alpha value is -3.73. The zero-order chi connectivity index (χ0) is 22.2. The molecule has 0 aromatic heterocycles. The zero-order valence-corrected chi connectivity index (χ0v) is 17.6. The van der Waals surface area contributed by atoms with Crippen molar-refractivity contribution in [3.63, 3.8) is 0 Å². The molecule has 0 unspecified atom stereocenters. The number of rotatable bonds is 9. The van der Waals surface area contributed by atoms with E-state index in [0.717, 1.165) is 6.42 Å². The minimum absolute atomic E-state index is 0.0529. The Labute approximate surface area is 181 Å². The maximum Gasteiger partial charge on any atom is 0.227 e. The van der Waals surface area contributed by atoms with Crippen LogP contribution in [0.2, 0.25) is 0 Å². The summed E-state index contributed by atoms with van der Waals surface area (Å²) >= 11 is 0. The van der Waals surface area contributed by atoms with Gasteiger partial charge in [-0.2, -0.15) is 5.26 Å². The van der Waals surface area contributed by atoms with E-state index in [0.29, 0.717) is 60.2 Å². The van der Waals surface area contributed by atoms with Crippen molar-refractivity contribution in [1.29, 1.82) is 5.26 Å². The molecule has 0 bridgehead atoms. The van der Waals surface area contributed by atoms with Gasteiger partial charge >= 0.3 is 0 Å². The molecule has 2 amide bonds. The van der Waals surface area contributed by atoms with Gasteiger partial charge in [-0.25, -0.2) is 0 Å². The molecule has 0 radical (unpaired) electrons. The van der Waals surface area contributed by atoms with Gasteiger partial charge in [-0.3, -0.25) is 9.59 Å². The van der Waals surface area contributed by atoms with Gasteiger partial charge in [-0.15, -0.1) is 0 Å². The van der Waals surface area contributed by atoms with Crippen LogP contribution in [0, 0.1) is 11.3 Å². The molecular formula is C23H25N3O5. The first-order valence-electron chi connectivity index (χ1n) is 10.0. The lowest BCUT2D eigenvalue weighted by Gasteiger charge is -2.20. The summed E-state index contributed by atoms with van der Waals surface area (Å²) in [5, 5.41) is 11.8. The second-order valence-corrected chi connectivity index (χ2v) is 7.01. The lowest BCUT2D eigenvalue weighted by molar-refractivity contribution is -0.117. The van der Waals surface area contributed by atoms with Crippen LogP contribution in [0.4, 0.5) is 11.4 Å². The highest BCUT2D eigenvalue weighted by molar-refractivity contribution is 5.98. The Morgan fingerprint density at radius 3 is 2.58 bits per heavy atom.